The first-order chi connectivity index (χ1) is 12.8. The molecule has 0 aromatic heterocycles. The summed E-state index contributed by atoms with van der Waals surface area (Å²) in [6.45, 7) is 0. The number of nitro groups is 1. The highest BCUT2D eigenvalue weighted by Gasteiger charge is 2.42. The molecule has 1 amide bonds. The number of hydrogen-bond donors (Lipinski definition) is 2. The molecule has 1 fully saturated rings. The largest absolute Gasteiger partial charge is 0.481 e. The van der Waals surface area contributed by atoms with Gasteiger partial charge in [0.2, 0.25) is 5.91 Å². The average molecular weight is 414 g/mol. The van der Waals surface area contributed by atoms with Crippen LogP contribution in [0, 0.1) is 10.1 Å². The maximum atomic E-state index is 12.6. The van der Waals surface area contributed by atoms with Crippen LogP contribution < -0.4 is 0 Å². The molecule has 0 bridgehead atoms. The van der Waals surface area contributed by atoms with Gasteiger partial charge in [0.15, 0.2) is 0 Å². The van der Waals surface area contributed by atoms with E-state index in [9.17, 15) is 29.6 Å². The van der Waals surface area contributed by atoms with Crippen LogP contribution in [0.5, 0.6) is 0 Å². The van der Waals surface area contributed by atoms with Crippen molar-refractivity contribution in [2.24, 2.45) is 0 Å². The summed E-state index contributed by atoms with van der Waals surface area (Å²) in [6.07, 6.45) is 0.0620. The van der Waals surface area contributed by atoms with E-state index in [4.69, 9.17) is 5.11 Å². The molecule has 2 N–H and O–H groups in total. The Balaban J connectivity index is 2.11. The maximum absolute atomic E-state index is 12.6. The van der Waals surface area contributed by atoms with Crippen molar-refractivity contribution in [3.8, 4) is 0 Å². The van der Waals surface area contributed by atoms with Crippen LogP contribution in [0.25, 0.3) is 0 Å². The normalized spacial score (nSPS) is 19.0. The number of carbonyl (C=O) groups excluding carboxylic acids is 1. The summed E-state index contributed by atoms with van der Waals surface area (Å²) in [5.41, 5.74) is 0.383. The summed E-state index contributed by atoms with van der Waals surface area (Å²) in [5.74, 6) is -1.47. The Morgan fingerprint density at radius 2 is 1.96 bits per heavy atom. The molecule has 1 saturated heterocycles. The van der Waals surface area contributed by atoms with Gasteiger partial charge in [0.1, 0.15) is 11.4 Å². The summed E-state index contributed by atoms with van der Waals surface area (Å²) >= 11 is 2.56. The lowest BCUT2D eigenvalue weighted by Crippen LogP contribution is -2.43. The third-order valence-electron chi connectivity index (χ3n) is 3.86. The number of hydrogen-bond acceptors (Lipinski definition) is 7. The van der Waals surface area contributed by atoms with Gasteiger partial charge in [0, 0.05) is 35.8 Å². The van der Waals surface area contributed by atoms with Gasteiger partial charge in [0.05, 0.1) is 11.3 Å². The predicted molar refractivity (Wildman–Crippen MR) is 101 cm³/mol. The first-order valence-electron chi connectivity index (χ1n) is 8.00. The number of rotatable bonds is 9. The van der Waals surface area contributed by atoms with E-state index in [0.29, 0.717) is 17.1 Å². The maximum Gasteiger partial charge on any atom is 0.327 e. The summed E-state index contributed by atoms with van der Waals surface area (Å²) in [4.78, 5) is 46.4. The minimum absolute atomic E-state index is 0.00746. The van der Waals surface area contributed by atoms with Gasteiger partial charge in [-0.1, -0.05) is 12.1 Å². The summed E-state index contributed by atoms with van der Waals surface area (Å²) < 4.78 is 0. The van der Waals surface area contributed by atoms with Crippen molar-refractivity contribution in [2.45, 2.75) is 24.3 Å². The molecule has 27 heavy (non-hydrogen) atoms. The number of aliphatic carboxylic acids is 2. The van der Waals surface area contributed by atoms with Gasteiger partial charge < -0.3 is 15.1 Å². The van der Waals surface area contributed by atoms with E-state index in [1.807, 2.05) is 0 Å². The minimum Gasteiger partial charge on any atom is -0.481 e. The van der Waals surface area contributed by atoms with Gasteiger partial charge in [-0.15, -0.1) is 11.8 Å². The van der Waals surface area contributed by atoms with Crippen molar-refractivity contribution in [3.63, 3.8) is 0 Å². The molecule has 0 radical (unpaired) electrons. The van der Waals surface area contributed by atoms with Gasteiger partial charge in [-0.25, -0.2) is 4.79 Å². The van der Waals surface area contributed by atoms with E-state index in [1.165, 1.54) is 46.6 Å². The molecule has 1 aliphatic rings. The number of benzene rings is 1. The van der Waals surface area contributed by atoms with E-state index in [0.717, 1.165) is 0 Å². The van der Waals surface area contributed by atoms with E-state index in [-0.39, 0.29) is 30.2 Å². The number of carboxylic acid groups (broad SMARTS) is 2. The van der Waals surface area contributed by atoms with Gasteiger partial charge in [0.25, 0.3) is 5.69 Å². The lowest BCUT2D eigenvalue weighted by atomic mass is 10.1. The second kappa shape index (κ2) is 9.60. The highest BCUT2D eigenvalue weighted by atomic mass is 32.2. The number of carbonyl (C=O) groups is 3. The van der Waals surface area contributed by atoms with E-state index in [1.54, 1.807) is 6.07 Å². The number of nitro benzene ring substituents is 1. The zero-order valence-electron chi connectivity index (χ0n) is 14.1. The molecule has 146 valence electrons. The second-order valence-electron chi connectivity index (χ2n) is 5.70. The quantitative estimate of drug-likeness (QED) is 0.354. The summed E-state index contributed by atoms with van der Waals surface area (Å²) in [6, 6.07) is 4.83. The second-order valence-corrected chi connectivity index (χ2v) is 8.04. The molecule has 0 spiro atoms. The molecule has 1 aliphatic heterocycles. The fourth-order valence-electron chi connectivity index (χ4n) is 2.60. The first-order valence-corrected chi connectivity index (χ1v) is 10.2. The van der Waals surface area contributed by atoms with Gasteiger partial charge in [-0.3, -0.25) is 19.7 Å². The van der Waals surface area contributed by atoms with Crippen LogP contribution >= 0.6 is 23.5 Å². The molecule has 0 aliphatic carbocycles. The van der Waals surface area contributed by atoms with Crippen LogP contribution in [-0.4, -0.2) is 61.2 Å². The van der Waals surface area contributed by atoms with Crippen molar-refractivity contribution in [2.75, 3.05) is 17.3 Å². The molecular weight excluding hydrogens is 396 g/mol. The fourth-order valence-corrected chi connectivity index (χ4v) is 4.87. The monoisotopic (exact) mass is 414 g/mol. The van der Waals surface area contributed by atoms with Crippen molar-refractivity contribution in [1.29, 1.82) is 0 Å². The van der Waals surface area contributed by atoms with Crippen molar-refractivity contribution < 1.29 is 29.5 Å². The number of amides is 1. The van der Waals surface area contributed by atoms with Gasteiger partial charge >= 0.3 is 11.9 Å². The standard InChI is InChI=1S/C16H18N2O7S2/c19-13(4-6-26-7-5-14(20)21)17-12(16(22)23)9-27-15(17)10-2-1-3-11(8-10)18(24)25/h1-3,8,12,15H,4-7,9H2,(H,20,21)(H,22,23)/t12-,15?/m0/s1. The Bertz CT molecular complexity index is 743. The summed E-state index contributed by atoms with van der Waals surface area (Å²) in [7, 11) is 0. The van der Waals surface area contributed by atoms with Crippen LogP contribution in [0.4, 0.5) is 5.69 Å². The minimum atomic E-state index is -1.12. The van der Waals surface area contributed by atoms with E-state index in [2.05, 4.69) is 0 Å². The van der Waals surface area contributed by atoms with Crippen LogP contribution in [0.15, 0.2) is 24.3 Å². The van der Waals surface area contributed by atoms with Crippen LogP contribution in [-0.2, 0) is 14.4 Å². The molecule has 2 rings (SSSR count). The molecule has 1 aromatic carbocycles. The fraction of sp³-hybridized carbons (Fsp3) is 0.438. The highest BCUT2D eigenvalue weighted by molar-refractivity contribution is 7.99. The third kappa shape index (κ3) is 5.60. The Morgan fingerprint density at radius 3 is 2.59 bits per heavy atom. The molecular formula is C16H18N2O7S2. The molecule has 0 saturated carbocycles. The number of non-ortho nitro benzene ring substituents is 1. The Labute approximate surface area is 163 Å². The number of carboxylic acids is 2. The van der Waals surface area contributed by atoms with Crippen LogP contribution in [0.1, 0.15) is 23.8 Å². The zero-order valence-corrected chi connectivity index (χ0v) is 15.8. The topological polar surface area (TPSA) is 138 Å². The van der Waals surface area contributed by atoms with Crippen molar-refractivity contribution in [1.82, 2.24) is 4.90 Å². The number of nitrogens with zero attached hydrogens (tertiary/aromatic N) is 2. The van der Waals surface area contributed by atoms with E-state index >= 15 is 0 Å². The van der Waals surface area contributed by atoms with Crippen molar-refractivity contribution in [3.05, 3.63) is 39.9 Å². The predicted octanol–water partition coefficient (Wildman–Crippen LogP) is 2.22. The first kappa shape index (κ1) is 21.0. The Hall–Kier alpha value is -2.27. The van der Waals surface area contributed by atoms with Gasteiger partial charge in [-0.2, -0.15) is 11.8 Å². The SMILES string of the molecule is O=C(O)CCSCCC(=O)N1C(c2cccc([N+](=O)[O-])c2)SC[C@H]1C(=O)O. The molecule has 11 heteroatoms. The lowest BCUT2D eigenvalue weighted by molar-refractivity contribution is -0.384. The van der Waals surface area contributed by atoms with Crippen molar-refractivity contribution >= 4 is 47.1 Å². The average Bonchev–Trinajstić information content (AvgIpc) is 3.06. The molecule has 2 atom stereocenters. The third-order valence-corrected chi connectivity index (χ3v) is 6.17. The molecule has 1 unspecified atom stereocenters. The smallest absolute Gasteiger partial charge is 0.327 e. The molecule has 1 aromatic rings. The molecule has 1 heterocycles. The zero-order chi connectivity index (χ0) is 20.0. The molecule has 9 nitrogen and oxygen atoms in total. The number of thioether (sulfide) groups is 2. The van der Waals surface area contributed by atoms with Gasteiger partial charge in [-0.05, 0) is 5.56 Å². The van der Waals surface area contributed by atoms with Crippen LogP contribution in [0.3, 0.4) is 0 Å². The van der Waals surface area contributed by atoms with Crippen LogP contribution in [0.2, 0.25) is 0 Å². The van der Waals surface area contributed by atoms with E-state index < -0.39 is 28.3 Å². The lowest BCUT2D eigenvalue weighted by Gasteiger charge is -2.27. The summed E-state index contributed by atoms with van der Waals surface area (Å²) in [5, 5.41) is 28.4. The highest BCUT2D eigenvalue weighted by Crippen LogP contribution is 2.42. The Morgan fingerprint density at radius 1 is 1.26 bits per heavy atom. The Kier molecular flexibility index (Phi) is 7.48.